The van der Waals surface area contributed by atoms with Crippen LogP contribution in [-0.2, 0) is 0 Å². The molecule has 0 aliphatic carbocycles. The Bertz CT molecular complexity index is 816. The molecule has 1 heterocycles. The highest BCUT2D eigenvalue weighted by Gasteiger charge is 2.20. The van der Waals surface area contributed by atoms with Gasteiger partial charge in [0.2, 0.25) is 0 Å². The van der Waals surface area contributed by atoms with Crippen LogP contribution in [0.25, 0.3) is 22.4 Å². The van der Waals surface area contributed by atoms with Gasteiger partial charge in [0.15, 0.2) is 5.82 Å². The molecule has 3 nitrogen and oxygen atoms in total. The zero-order valence-corrected chi connectivity index (χ0v) is 13.6. The van der Waals surface area contributed by atoms with Gasteiger partial charge in [-0.05, 0) is 34.7 Å². The van der Waals surface area contributed by atoms with Gasteiger partial charge >= 0.3 is 0 Å². The third-order valence-electron chi connectivity index (χ3n) is 3.16. The summed E-state index contributed by atoms with van der Waals surface area (Å²) in [6.45, 7) is 0. The van der Waals surface area contributed by atoms with Gasteiger partial charge < -0.3 is 5.73 Å². The molecule has 21 heavy (non-hydrogen) atoms. The van der Waals surface area contributed by atoms with E-state index < -0.39 is 5.82 Å². The van der Waals surface area contributed by atoms with Gasteiger partial charge in [-0.1, -0.05) is 41.9 Å². The summed E-state index contributed by atoms with van der Waals surface area (Å²) < 4.78 is 15.3. The van der Waals surface area contributed by atoms with Gasteiger partial charge in [0, 0.05) is 14.7 Å². The highest BCUT2D eigenvalue weighted by molar-refractivity contribution is 14.1. The SMILES string of the molecule is Nc1n[nH]c(-c2ccccc2I)c1-c1cccc(Cl)c1F. The predicted molar refractivity (Wildman–Crippen MR) is 91.6 cm³/mol. The maximum atomic E-state index is 14.3. The van der Waals surface area contributed by atoms with Crippen molar-refractivity contribution in [2.45, 2.75) is 0 Å². The summed E-state index contributed by atoms with van der Waals surface area (Å²) in [5, 5.41) is 6.96. The molecule has 0 amide bonds. The Morgan fingerprint density at radius 1 is 1.10 bits per heavy atom. The van der Waals surface area contributed by atoms with E-state index in [-0.39, 0.29) is 10.8 Å². The number of halogens is 3. The zero-order chi connectivity index (χ0) is 15.0. The summed E-state index contributed by atoms with van der Waals surface area (Å²) in [4.78, 5) is 0. The quantitative estimate of drug-likeness (QED) is 0.597. The van der Waals surface area contributed by atoms with Crippen molar-refractivity contribution in [1.29, 1.82) is 0 Å². The number of nitrogen functional groups attached to an aromatic ring is 1. The number of nitrogens with one attached hydrogen (secondary N) is 1. The maximum Gasteiger partial charge on any atom is 0.153 e. The molecule has 3 N–H and O–H groups in total. The fraction of sp³-hybridized carbons (Fsp3) is 0. The number of aromatic nitrogens is 2. The first-order chi connectivity index (χ1) is 10.1. The van der Waals surface area contributed by atoms with Crippen LogP contribution < -0.4 is 5.73 Å². The van der Waals surface area contributed by atoms with E-state index in [4.69, 9.17) is 17.3 Å². The Hall–Kier alpha value is -1.60. The van der Waals surface area contributed by atoms with E-state index in [1.165, 1.54) is 6.07 Å². The van der Waals surface area contributed by atoms with Crippen molar-refractivity contribution in [3.8, 4) is 22.4 Å². The molecule has 0 bridgehead atoms. The molecule has 0 aliphatic rings. The average molecular weight is 414 g/mol. The van der Waals surface area contributed by atoms with Gasteiger partial charge in [0.25, 0.3) is 0 Å². The fourth-order valence-electron chi connectivity index (χ4n) is 2.18. The Kier molecular flexibility index (Phi) is 3.86. The standard InChI is InChI=1S/C15H10ClFIN3/c16-10-6-3-5-9(13(10)17)12-14(20-21-15(12)19)8-4-1-2-7-11(8)18/h1-7H,(H3,19,20,21). The molecule has 3 rings (SSSR count). The Morgan fingerprint density at radius 3 is 2.57 bits per heavy atom. The van der Waals surface area contributed by atoms with E-state index in [0.29, 0.717) is 16.8 Å². The number of nitrogens with two attached hydrogens (primary N) is 1. The molecule has 0 unspecified atom stereocenters. The number of benzene rings is 2. The van der Waals surface area contributed by atoms with Gasteiger partial charge in [-0.2, -0.15) is 5.10 Å². The van der Waals surface area contributed by atoms with Gasteiger partial charge in [-0.15, -0.1) is 0 Å². The highest BCUT2D eigenvalue weighted by atomic mass is 127. The van der Waals surface area contributed by atoms with Gasteiger partial charge in [-0.3, -0.25) is 5.10 Å². The fourth-order valence-corrected chi connectivity index (χ4v) is 3.02. The lowest BCUT2D eigenvalue weighted by Crippen LogP contribution is -1.93. The number of rotatable bonds is 2. The maximum absolute atomic E-state index is 14.3. The van der Waals surface area contributed by atoms with Crippen molar-refractivity contribution in [1.82, 2.24) is 10.2 Å². The zero-order valence-electron chi connectivity index (χ0n) is 10.7. The molecule has 0 atom stereocenters. The second-order valence-corrected chi connectivity index (χ2v) is 6.01. The van der Waals surface area contributed by atoms with E-state index in [1.54, 1.807) is 12.1 Å². The topological polar surface area (TPSA) is 54.7 Å². The first kappa shape index (κ1) is 14.3. The molecular weight excluding hydrogens is 404 g/mol. The third kappa shape index (κ3) is 2.51. The lowest BCUT2D eigenvalue weighted by atomic mass is 10.0. The lowest BCUT2D eigenvalue weighted by molar-refractivity contribution is 0.632. The minimum Gasteiger partial charge on any atom is -0.382 e. The summed E-state index contributed by atoms with van der Waals surface area (Å²) >= 11 is 8.08. The normalized spacial score (nSPS) is 10.8. The van der Waals surface area contributed by atoms with Crippen LogP contribution in [0.5, 0.6) is 0 Å². The minimum atomic E-state index is -0.501. The average Bonchev–Trinajstić information content (AvgIpc) is 2.84. The molecular formula is C15H10ClFIN3. The summed E-state index contributed by atoms with van der Waals surface area (Å²) in [6.07, 6.45) is 0. The second-order valence-electron chi connectivity index (χ2n) is 4.44. The van der Waals surface area contributed by atoms with Crippen molar-refractivity contribution < 1.29 is 4.39 Å². The van der Waals surface area contributed by atoms with Gasteiger partial charge in [0.05, 0.1) is 16.3 Å². The number of hydrogen-bond donors (Lipinski definition) is 2. The molecule has 0 fully saturated rings. The van der Waals surface area contributed by atoms with Crippen molar-refractivity contribution in [2.24, 2.45) is 0 Å². The van der Waals surface area contributed by atoms with Crippen molar-refractivity contribution in [3.05, 3.63) is 56.9 Å². The summed E-state index contributed by atoms with van der Waals surface area (Å²) in [6, 6.07) is 12.6. The first-order valence-corrected chi connectivity index (χ1v) is 7.58. The molecule has 0 saturated carbocycles. The second kappa shape index (κ2) is 5.65. The largest absolute Gasteiger partial charge is 0.382 e. The number of hydrogen-bond acceptors (Lipinski definition) is 2. The summed E-state index contributed by atoms with van der Waals surface area (Å²) in [5.74, 6) is -0.259. The number of aromatic amines is 1. The van der Waals surface area contributed by atoms with Crippen LogP contribution in [0.15, 0.2) is 42.5 Å². The molecule has 0 aliphatic heterocycles. The minimum absolute atomic E-state index is 0.0572. The van der Waals surface area contributed by atoms with Crippen LogP contribution >= 0.6 is 34.2 Å². The van der Waals surface area contributed by atoms with Crippen LogP contribution in [-0.4, -0.2) is 10.2 Å². The van der Waals surface area contributed by atoms with Crippen LogP contribution in [0.4, 0.5) is 10.2 Å². The van der Waals surface area contributed by atoms with E-state index in [9.17, 15) is 4.39 Å². The smallest absolute Gasteiger partial charge is 0.153 e. The molecule has 1 aromatic heterocycles. The Labute approximate surface area is 139 Å². The first-order valence-electron chi connectivity index (χ1n) is 6.12. The Morgan fingerprint density at radius 2 is 1.81 bits per heavy atom. The highest BCUT2D eigenvalue weighted by Crippen LogP contribution is 2.38. The molecule has 0 saturated heterocycles. The molecule has 106 valence electrons. The van der Waals surface area contributed by atoms with Crippen LogP contribution in [0, 0.1) is 9.39 Å². The predicted octanol–water partition coefficient (Wildman–Crippen LogP) is 4.72. The van der Waals surface area contributed by atoms with Gasteiger partial charge in [0.1, 0.15) is 5.82 Å². The monoisotopic (exact) mass is 413 g/mol. The third-order valence-corrected chi connectivity index (χ3v) is 4.39. The molecule has 0 radical (unpaired) electrons. The number of anilines is 1. The Balaban J connectivity index is 2.28. The van der Waals surface area contributed by atoms with Crippen molar-refractivity contribution in [3.63, 3.8) is 0 Å². The van der Waals surface area contributed by atoms with Crippen molar-refractivity contribution >= 4 is 40.0 Å². The van der Waals surface area contributed by atoms with Crippen LogP contribution in [0.1, 0.15) is 0 Å². The molecule has 6 heteroatoms. The lowest BCUT2D eigenvalue weighted by Gasteiger charge is -2.08. The molecule has 3 aromatic rings. The van der Waals surface area contributed by atoms with Crippen LogP contribution in [0.2, 0.25) is 5.02 Å². The van der Waals surface area contributed by atoms with Crippen LogP contribution in [0.3, 0.4) is 0 Å². The van der Waals surface area contributed by atoms with E-state index in [1.807, 2.05) is 24.3 Å². The molecule has 0 spiro atoms. The molecule has 2 aromatic carbocycles. The van der Waals surface area contributed by atoms with Gasteiger partial charge in [-0.25, -0.2) is 4.39 Å². The van der Waals surface area contributed by atoms with Crippen molar-refractivity contribution in [2.75, 3.05) is 5.73 Å². The van der Waals surface area contributed by atoms with E-state index in [0.717, 1.165) is 9.13 Å². The van der Waals surface area contributed by atoms with E-state index >= 15 is 0 Å². The summed E-state index contributed by atoms with van der Waals surface area (Å²) in [7, 11) is 0. The summed E-state index contributed by atoms with van der Waals surface area (Å²) in [5.41, 5.74) is 8.38. The number of H-pyrrole nitrogens is 1. The van der Waals surface area contributed by atoms with E-state index in [2.05, 4.69) is 32.8 Å². The number of nitrogens with zero attached hydrogens (tertiary/aromatic N) is 1.